The highest BCUT2D eigenvalue weighted by molar-refractivity contribution is 5.40. The molecule has 1 aliphatic rings. The molecule has 106 valence electrons. The van der Waals surface area contributed by atoms with Crippen molar-refractivity contribution in [3.8, 4) is 0 Å². The van der Waals surface area contributed by atoms with E-state index >= 15 is 0 Å². The Morgan fingerprint density at radius 2 is 2.05 bits per heavy atom. The first kappa shape index (κ1) is 14.8. The van der Waals surface area contributed by atoms with Gasteiger partial charge in [0.2, 0.25) is 0 Å². The number of hydrogen-bond donors (Lipinski definition) is 0. The minimum absolute atomic E-state index is 1.05. The third-order valence-corrected chi connectivity index (χ3v) is 3.90. The minimum Gasteiger partial charge on any atom is -0.298 e. The van der Waals surface area contributed by atoms with Crippen LogP contribution in [0.4, 0.5) is 0 Å². The van der Waals surface area contributed by atoms with Gasteiger partial charge in [0, 0.05) is 19.6 Å². The summed E-state index contributed by atoms with van der Waals surface area (Å²) in [5, 5.41) is 0. The molecule has 1 heterocycles. The van der Waals surface area contributed by atoms with Crippen LogP contribution in [0.5, 0.6) is 0 Å². The molecular formula is C19H25N. The van der Waals surface area contributed by atoms with Crippen LogP contribution in [0.2, 0.25) is 0 Å². The van der Waals surface area contributed by atoms with Gasteiger partial charge in [-0.05, 0) is 43.4 Å². The fraction of sp³-hybridized carbons (Fsp3) is 0.368. The highest BCUT2D eigenvalue weighted by Crippen LogP contribution is 2.24. The summed E-state index contributed by atoms with van der Waals surface area (Å²) in [6, 6.07) is 10.8. The van der Waals surface area contributed by atoms with E-state index < -0.39 is 0 Å². The number of allylic oxidation sites excluding steroid dienone is 2. The van der Waals surface area contributed by atoms with Crippen LogP contribution in [0, 0.1) is 0 Å². The van der Waals surface area contributed by atoms with Crippen LogP contribution in [-0.4, -0.2) is 24.5 Å². The molecule has 0 aliphatic carbocycles. The second-order valence-corrected chi connectivity index (χ2v) is 5.55. The second kappa shape index (κ2) is 7.25. The van der Waals surface area contributed by atoms with E-state index in [2.05, 4.69) is 67.8 Å². The topological polar surface area (TPSA) is 3.24 Å². The SMILES string of the molecule is C=C(C)C1=C(/C=C\C)CN(CCc2ccccc2)CC1. The van der Waals surface area contributed by atoms with Gasteiger partial charge in [-0.25, -0.2) is 0 Å². The van der Waals surface area contributed by atoms with E-state index in [0.717, 1.165) is 32.5 Å². The molecule has 2 rings (SSSR count). The van der Waals surface area contributed by atoms with E-state index in [9.17, 15) is 0 Å². The molecule has 0 fully saturated rings. The first-order valence-electron chi connectivity index (χ1n) is 7.47. The summed E-state index contributed by atoms with van der Waals surface area (Å²) in [4.78, 5) is 2.55. The van der Waals surface area contributed by atoms with Crippen molar-refractivity contribution in [2.75, 3.05) is 19.6 Å². The van der Waals surface area contributed by atoms with Crippen LogP contribution in [0.15, 0.2) is 65.8 Å². The Bertz CT molecular complexity index is 508. The van der Waals surface area contributed by atoms with E-state index in [1.54, 1.807) is 0 Å². The normalized spacial score (nSPS) is 16.9. The Labute approximate surface area is 123 Å². The molecule has 0 N–H and O–H groups in total. The van der Waals surface area contributed by atoms with Crippen LogP contribution in [0.25, 0.3) is 0 Å². The number of nitrogens with zero attached hydrogens (tertiary/aromatic N) is 1. The summed E-state index contributed by atoms with van der Waals surface area (Å²) in [5.41, 5.74) is 5.55. The maximum Gasteiger partial charge on any atom is 0.0236 e. The van der Waals surface area contributed by atoms with Gasteiger partial charge in [-0.2, -0.15) is 0 Å². The highest BCUT2D eigenvalue weighted by Gasteiger charge is 2.17. The molecule has 0 unspecified atom stereocenters. The number of benzene rings is 1. The summed E-state index contributed by atoms with van der Waals surface area (Å²) >= 11 is 0. The summed E-state index contributed by atoms with van der Waals surface area (Å²) in [7, 11) is 0. The lowest BCUT2D eigenvalue weighted by Gasteiger charge is -2.30. The van der Waals surface area contributed by atoms with Gasteiger partial charge in [-0.15, -0.1) is 0 Å². The molecule has 0 radical (unpaired) electrons. The van der Waals surface area contributed by atoms with E-state index in [1.165, 1.54) is 22.3 Å². The molecule has 20 heavy (non-hydrogen) atoms. The van der Waals surface area contributed by atoms with Crippen molar-refractivity contribution < 1.29 is 0 Å². The largest absolute Gasteiger partial charge is 0.298 e. The molecule has 0 bridgehead atoms. The predicted molar refractivity (Wildman–Crippen MR) is 87.9 cm³/mol. The van der Waals surface area contributed by atoms with Gasteiger partial charge in [-0.3, -0.25) is 4.90 Å². The van der Waals surface area contributed by atoms with E-state index in [1.807, 2.05) is 0 Å². The molecule has 1 aromatic rings. The summed E-state index contributed by atoms with van der Waals surface area (Å²) in [6.45, 7) is 11.7. The van der Waals surface area contributed by atoms with Crippen LogP contribution < -0.4 is 0 Å². The summed E-state index contributed by atoms with van der Waals surface area (Å²) < 4.78 is 0. The quantitative estimate of drug-likeness (QED) is 0.765. The maximum atomic E-state index is 4.12. The lowest BCUT2D eigenvalue weighted by atomic mass is 9.94. The van der Waals surface area contributed by atoms with Gasteiger partial charge in [0.1, 0.15) is 0 Å². The third-order valence-electron chi connectivity index (χ3n) is 3.90. The predicted octanol–water partition coefficient (Wildman–Crippen LogP) is 4.38. The van der Waals surface area contributed by atoms with Gasteiger partial charge >= 0.3 is 0 Å². The molecular weight excluding hydrogens is 242 g/mol. The van der Waals surface area contributed by atoms with Gasteiger partial charge in [0.15, 0.2) is 0 Å². The summed E-state index contributed by atoms with van der Waals surface area (Å²) in [5.74, 6) is 0. The standard InChI is InChI=1S/C19H25N/c1-4-8-18-15-20(14-12-19(18)16(2)3)13-11-17-9-6-5-7-10-17/h4-10H,2,11-15H2,1,3H3/b8-4-. The van der Waals surface area contributed by atoms with Crippen LogP contribution >= 0.6 is 0 Å². The third kappa shape index (κ3) is 3.94. The van der Waals surface area contributed by atoms with Gasteiger partial charge in [0.05, 0.1) is 0 Å². The monoisotopic (exact) mass is 267 g/mol. The van der Waals surface area contributed by atoms with E-state index in [-0.39, 0.29) is 0 Å². The first-order chi connectivity index (χ1) is 9.70. The zero-order chi connectivity index (χ0) is 14.4. The molecule has 1 heteroatoms. The molecule has 0 aromatic heterocycles. The van der Waals surface area contributed by atoms with Crippen LogP contribution in [0.1, 0.15) is 25.8 Å². The smallest absolute Gasteiger partial charge is 0.0236 e. The molecule has 1 aromatic carbocycles. The second-order valence-electron chi connectivity index (χ2n) is 5.55. The molecule has 0 amide bonds. The Morgan fingerprint density at radius 1 is 1.30 bits per heavy atom. The lowest BCUT2D eigenvalue weighted by molar-refractivity contribution is 0.292. The number of hydrogen-bond acceptors (Lipinski definition) is 1. The van der Waals surface area contributed by atoms with Crippen molar-refractivity contribution >= 4 is 0 Å². The van der Waals surface area contributed by atoms with Crippen molar-refractivity contribution in [3.05, 3.63) is 71.3 Å². The Hall–Kier alpha value is -1.60. The van der Waals surface area contributed by atoms with Gasteiger partial charge in [0.25, 0.3) is 0 Å². The molecule has 1 aliphatic heterocycles. The average molecular weight is 267 g/mol. The molecule has 1 nitrogen and oxygen atoms in total. The zero-order valence-corrected chi connectivity index (χ0v) is 12.7. The van der Waals surface area contributed by atoms with Crippen LogP contribution in [0.3, 0.4) is 0 Å². The van der Waals surface area contributed by atoms with Crippen molar-refractivity contribution in [1.29, 1.82) is 0 Å². The molecule has 0 spiro atoms. The van der Waals surface area contributed by atoms with Crippen molar-refractivity contribution in [2.24, 2.45) is 0 Å². The van der Waals surface area contributed by atoms with Crippen molar-refractivity contribution in [1.82, 2.24) is 4.90 Å². The highest BCUT2D eigenvalue weighted by atomic mass is 15.1. The fourth-order valence-electron chi connectivity index (χ4n) is 2.81. The van der Waals surface area contributed by atoms with Crippen molar-refractivity contribution in [3.63, 3.8) is 0 Å². The lowest BCUT2D eigenvalue weighted by Crippen LogP contribution is -2.33. The fourth-order valence-corrected chi connectivity index (χ4v) is 2.81. The zero-order valence-electron chi connectivity index (χ0n) is 12.7. The van der Waals surface area contributed by atoms with Gasteiger partial charge < -0.3 is 0 Å². The van der Waals surface area contributed by atoms with Gasteiger partial charge in [-0.1, -0.05) is 54.6 Å². The van der Waals surface area contributed by atoms with Crippen molar-refractivity contribution in [2.45, 2.75) is 26.7 Å². The molecule has 0 atom stereocenters. The Kier molecular flexibility index (Phi) is 5.37. The Balaban J connectivity index is 1.98. The number of rotatable bonds is 5. The van der Waals surface area contributed by atoms with E-state index in [0.29, 0.717) is 0 Å². The minimum atomic E-state index is 1.05. The maximum absolute atomic E-state index is 4.12. The molecule has 0 saturated heterocycles. The average Bonchev–Trinajstić information content (AvgIpc) is 2.46. The van der Waals surface area contributed by atoms with Crippen LogP contribution in [-0.2, 0) is 6.42 Å². The molecule has 0 saturated carbocycles. The summed E-state index contributed by atoms with van der Waals surface area (Å²) in [6.07, 6.45) is 6.65. The van der Waals surface area contributed by atoms with E-state index in [4.69, 9.17) is 0 Å². The first-order valence-corrected chi connectivity index (χ1v) is 7.47. The Morgan fingerprint density at radius 3 is 2.70 bits per heavy atom.